The molecule has 0 atom stereocenters. The molecule has 5 rings (SSSR count). The van der Waals surface area contributed by atoms with Crippen molar-refractivity contribution < 1.29 is 63.2 Å². The van der Waals surface area contributed by atoms with Crippen molar-refractivity contribution in [2.24, 2.45) is 0 Å². The molecule has 0 aliphatic rings. The maximum atomic E-state index is 11.3. The first-order valence-corrected chi connectivity index (χ1v) is 54.1. The normalized spacial score (nSPS) is 10.6. The third-order valence-electron chi connectivity index (χ3n) is 12.9. The summed E-state index contributed by atoms with van der Waals surface area (Å²) >= 11 is 31.0. The number of nitrogens with zero attached hydrogens (tertiary/aromatic N) is 5. The minimum Gasteiger partial charge on any atom is 1.00 e. The first kappa shape index (κ1) is 99.6. The van der Waals surface area contributed by atoms with Crippen molar-refractivity contribution in [3.8, 4) is 0 Å². The first-order valence-electron chi connectivity index (χ1n) is 26.8. The zero-order valence-corrected chi connectivity index (χ0v) is 66.0. The van der Waals surface area contributed by atoms with Crippen LogP contribution in [0.4, 0.5) is 0 Å². The summed E-state index contributed by atoms with van der Waals surface area (Å²) in [6.07, 6.45) is 10.6. The number of aromatic nitrogens is 5. The van der Waals surface area contributed by atoms with Gasteiger partial charge in [-0.25, -0.2) is 24.7 Å². The van der Waals surface area contributed by atoms with Crippen molar-refractivity contribution in [2.45, 2.75) is 178 Å². The van der Waals surface area contributed by atoms with Gasteiger partial charge in [-0.2, -0.15) is 11.1 Å². The number of carboxylic acid groups (broad SMARTS) is 1. The van der Waals surface area contributed by atoms with Crippen LogP contribution in [0.1, 0.15) is 131 Å². The summed E-state index contributed by atoms with van der Waals surface area (Å²) in [5.74, 6) is -1.47. The maximum absolute atomic E-state index is 11.3. The minimum absolute atomic E-state index is 0. The van der Waals surface area contributed by atoms with E-state index in [0.717, 1.165) is 36.3 Å². The summed E-state index contributed by atoms with van der Waals surface area (Å²) in [5.41, 5.74) is 5.04. The van der Waals surface area contributed by atoms with Gasteiger partial charge in [0.05, 0.1) is 32.1 Å². The predicted octanol–water partition coefficient (Wildman–Crippen LogP) is 13.3. The summed E-state index contributed by atoms with van der Waals surface area (Å²) in [6, 6.07) is 17.6. The largest absolute Gasteiger partial charge is 1.00 e. The molecule has 471 valence electrons. The minimum atomic E-state index is -1.70. The van der Waals surface area contributed by atoms with Gasteiger partial charge in [0.15, 0.2) is 24.0 Å². The summed E-state index contributed by atoms with van der Waals surface area (Å²) < 4.78 is 21.6. The van der Waals surface area contributed by atoms with Crippen molar-refractivity contribution in [3.63, 3.8) is 0 Å². The number of rotatable bonds is 16. The number of aliphatic hydroxyl groups is 1. The molecule has 14 nitrogen and oxygen atoms in total. The fourth-order valence-corrected chi connectivity index (χ4v) is 7.43. The van der Waals surface area contributed by atoms with Crippen LogP contribution in [0.15, 0.2) is 91.6 Å². The van der Waals surface area contributed by atoms with Gasteiger partial charge in [0.1, 0.15) is 20.6 Å². The monoisotopic (exact) mass is 1390 g/mol. The second-order valence-electron chi connectivity index (χ2n) is 22.5. The Bertz CT molecular complexity index is 2530. The van der Waals surface area contributed by atoms with Crippen LogP contribution in [-0.2, 0) is 60.0 Å². The molecule has 5 aromatic rings. The van der Waals surface area contributed by atoms with E-state index < -0.39 is 30.0 Å². The van der Waals surface area contributed by atoms with E-state index in [9.17, 15) is 14.4 Å². The van der Waals surface area contributed by atoms with Gasteiger partial charge in [0, 0.05) is 71.3 Å². The Labute approximate surface area is 607 Å². The molecule has 26 heteroatoms. The molecule has 0 aliphatic heterocycles. The molecule has 5 aromatic heterocycles. The first-order chi connectivity index (χ1) is 37.4. The number of halogens is 5. The number of esters is 2. The zero-order chi connectivity index (χ0) is 62.8. The number of ether oxygens (including phenoxy) is 2. The molecule has 0 saturated carbocycles. The predicted molar refractivity (Wildman–Crippen MR) is 370 cm³/mol. The molecule has 0 bridgehead atoms. The number of carbonyl (C=O) groups is 3. The molecule has 0 aromatic carbocycles. The Morgan fingerprint density at radius 2 is 0.907 bits per heavy atom. The van der Waals surface area contributed by atoms with Crippen LogP contribution in [0, 0.1) is 0 Å². The Hall–Kier alpha value is 0.0757. The Morgan fingerprint density at radius 3 is 1.19 bits per heavy atom. The van der Waals surface area contributed by atoms with E-state index in [4.69, 9.17) is 81.3 Å². The second-order valence-corrected chi connectivity index (χ2v) is 40.9. The second kappa shape index (κ2) is 51.5. The molecule has 0 amide bonds. The number of methoxy groups -OCH3 is 1. The SMILES string of the molecule is C.C.C.CC(C)(C)[Si](C)(C)Cl.CC(C)(C)[Si](C)(C)OCCc1ccc(Cl)nc1.CCOC(=O)Cc1ccc(Cl)nc1.COC(=O)c1ccc(CCO[Si](C)(C)C(C)(C)C)nc1.O=C(O)Cc1ccc(Cl)nc1.OCCc1ccc(Cl)nc1.[B].[H-].[K][K].[Li+]. The van der Waals surface area contributed by atoms with Gasteiger partial charge in [0.25, 0.3) is 0 Å². The van der Waals surface area contributed by atoms with E-state index in [-0.39, 0.29) is 92.4 Å². The maximum Gasteiger partial charge on any atom is 1.00 e. The number of pyridine rings is 5. The molecule has 0 spiro atoms. The van der Waals surface area contributed by atoms with Crippen molar-refractivity contribution in [2.75, 3.05) is 33.5 Å². The number of aliphatic carboxylic acids is 1. The van der Waals surface area contributed by atoms with Crippen molar-refractivity contribution in [3.05, 3.63) is 146 Å². The average molecular weight is 1390 g/mol. The summed E-state index contributed by atoms with van der Waals surface area (Å²) in [6.45, 7) is 37.2. The number of aliphatic hydroxyl groups excluding tert-OH is 1. The smallest absolute Gasteiger partial charge is 1.00 e. The zero-order valence-electron chi connectivity index (χ0n) is 54.0. The molecule has 0 aliphatic carbocycles. The average Bonchev–Trinajstić information content (AvgIpc) is 3.51. The molecular weight excluding hydrogens is 1290 g/mol. The van der Waals surface area contributed by atoms with Crippen LogP contribution in [-0.4, -0.2) is 182 Å². The number of hydrogen-bond acceptors (Lipinski definition) is 13. The third kappa shape index (κ3) is 47.0. The van der Waals surface area contributed by atoms with Crippen LogP contribution < -0.4 is 18.9 Å². The van der Waals surface area contributed by atoms with E-state index >= 15 is 0 Å². The molecule has 0 fully saturated rings. The van der Waals surface area contributed by atoms with Crippen LogP contribution >= 0.6 is 57.5 Å². The van der Waals surface area contributed by atoms with Gasteiger partial charge in [-0.05, 0) is 120 Å². The van der Waals surface area contributed by atoms with Gasteiger partial charge in [0.2, 0.25) is 0 Å². The van der Waals surface area contributed by atoms with E-state index in [2.05, 4.69) is 131 Å². The summed E-state index contributed by atoms with van der Waals surface area (Å²) in [7, 11) is -3.33. The molecule has 5 heterocycles. The Kier molecular flexibility index (Phi) is 59.6. The van der Waals surface area contributed by atoms with Gasteiger partial charge >= 0.3 is 99.9 Å². The Balaban J connectivity index is -0.000000144. The quantitative estimate of drug-likeness (QED) is 0.0410. The number of hydrogen-bond donors (Lipinski definition) is 2. The van der Waals surface area contributed by atoms with Crippen LogP contribution in [0.2, 0.25) is 75.0 Å². The van der Waals surface area contributed by atoms with Crippen molar-refractivity contribution in [1.82, 2.24) is 24.9 Å². The molecule has 2 N–H and O–H groups in total. The van der Waals surface area contributed by atoms with Gasteiger partial charge in [-0.1, -0.05) is 168 Å². The van der Waals surface area contributed by atoms with Gasteiger partial charge in [-0.3, -0.25) is 14.6 Å². The molecule has 0 saturated heterocycles. The fraction of sp³-hybridized carbons (Fsp3) is 0.533. The van der Waals surface area contributed by atoms with Crippen LogP contribution in [0.3, 0.4) is 0 Å². The van der Waals surface area contributed by atoms with E-state index in [1.165, 1.54) is 82.0 Å². The molecule has 0 unspecified atom stereocenters. The van der Waals surface area contributed by atoms with Crippen LogP contribution in [0.25, 0.3) is 0 Å². The molecule has 3 radical (unpaired) electrons. The third-order valence-corrected chi connectivity index (χ3v) is 28.1. The van der Waals surface area contributed by atoms with E-state index in [0.29, 0.717) is 56.4 Å². The molecular formula is C60H99BCl5K2LiN5O9Si3. The fourth-order valence-electron chi connectivity index (χ4n) is 4.89. The topological polar surface area (TPSA) is 193 Å². The van der Waals surface area contributed by atoms with E-state index in [1.807, 2.05) is 30.5 Å². The standard InChI is InChI=1S/C15H25NO3Si.C13H22ClNOSi.C9H10ClNO2.C7H6ClNO2.C7H8ClNO.C6H15ClSi.3CH4.B.2K.Li.H/c1-15(2,3)20(5,6)19-10-9-13-8-7-12(11-16-13)14(17)18-4;1-13(2,3)17(4,5)16-9-8-11-6-7-12(14)15-10-11;1-2-13-9(12)5-7-3-4-8(10)11-6-7;8-6-2-1-5(4-9-6)3-7(10)11;8-7-2-1-6(3-4-10)5-9-7;1-6(2,3)8(4,5)7;;;;;;;;/h7-8,11H,9-10H2,1-6H3;6-7,10H,8-9H2,1-5H3;3-4,6H,2,5H2,1H3;1-2,4H,3H2,(H,10,11);1-2,5,10H,3-4H2;1-5H3;3*1H4;;;;;/q;;;;;;;;;;;;+1;-1. The number of carboxylic acids is 1. The van der Waals surface area contributed by atoms with Crippen molar-refractivity contribution in [1.29, 1.82) is 0 Å². The van der Waals surface area contributed by atoms with Crippen molar-refractivity contribution >= 4 is 171 Å². The van der Waals surface area contributed by atoms with Crippen LogP contribution in [0.5, 0.6) is 0 Å². The summed E-state index contributed by atoms with van der Waals surface area (Å²) in [4.78, 5) is 52.3. The van der Waals surface area contributed by atoms with E-state index in [1.54, 1.807) is 61.9 Å². The number of carbonyl (C=O) groups excluding carboxylic acids is 2. The van der Waals surface area contributed by atoms with Gasteiger partial charge in [-0.15, -0.1) is 0 Å². The molecule has 86 heavy (non-hydrogen) atoms. The van der Waals surface area contributed by atoms with Gasteiger partial charge < -0.3 is 30.0 Å². The Morgan fingerprint density at radius 1 is 0.558 bits per heavy atom. The summed E-state index contributed by atoms with van der Waals surface area (Å²) in [5, 5.41) is 19.6.